The smallest absolute Gasteiger partial charge is 0.219 e. The summed E-state index contributed by atoms with van der Waals surface area (Å²) < 4.78 is 0. The maximum atomic E-state index is 11.7. The summed E-state index contributed by atoms with van der Waals surface area (Å²) in [6.45, 7) is 6.04. The van der Waals surface area contributed by atoms with Crippen molar-refractivity contribution in [3.63, 3.8) is 0 Å². The van der Waals surface area contributed by atoms with Gasteiger partial charge in [-0.2, -0.15) is 0 Å². The predicted molar refractivity (Wildman–Crippen MR) is 78.3 cm³/mol. The molecule has 1 rings (SSSR count). The number of unbranched alkanes of at least 4 members (excludes halogenated alkanes) is 2. The average Bonchev–Trinajstić information content (AvgIpc) is 2.45. The lowest BCUT2D eigenvalue weighted by Gasteiger charge is -2.34. The van der Waals surface area contributed by atoms with E-state index in [-0.39, 0.29) is 12.4 Å². The molecule has 1 heterocycles. The second kappa shape index (κ2) is 9.89. The van der Waals surface area contributed by atoms with Gasteiger partial charge in [-0.05, 0) is 12.3 Å². The van der Waals surface area contributed by atoms with Crippen molar-refractivity contribution in [3.8, 4) is 11.8 Å². The number of carbonyl (C=O) groups is 1. The highest BCUT2D eigenvalue weighted by Gasteiger charge is 2.19. The van der Waals surface area contributed by atoms with Crippen molar-refractivity contribution >= 4 is 5.78 Å². The molecule has 1 aliphatic heterocycles. The van der Waals surface area contributed by atoms with E-state index >= 15 is 0 Å². The van der Waals surface area contributed by atoms with Gasteiger partial charge < -0.3 is 10.2 Å². The van der Waals surface area contributed by atoms with Gasteiger partial charge in [-0.1, -0.05) is 19.3 Å². The Bertz CT molecular complexity index is 341. The number of rotatable bonds is 7. The van der Waals surface area contributed by atoms with Gasteiger partial charge in [-0.15, -0.1) is 0 Å². The Morgan fingerprint density at radius 3 is 2.50 bits per heavy atom. The molecule has 0 aromatic rings. The molecule has 1 atom stereocenters. The summed E-state index contributed by atoms with van der Waals surface area (Å²) in [6, 6.07) is 0. The first-order valence-electron chi connectivity index (χ1n) is 7.41. The largest absolute Gasteiger partial charge is 0.394 e. The molecule has 1 fully saturated rings. The van der Waals surface area contributed by atoms with Crippen LogP contribution in [0.1, 0.15) is 26.2 Å². The first-order chi connectivity index (χ1) is 9.65. The second-order valence-corrected chi connectivity index (χ2v) is 5.24. The van der Waals surface area contributed by atoms with Crippen LogP contribution in [-0.2, 0) is 4.79 Å². The fourth-order valence-corrected chi connectivity index (χ4v) is 2.15. The molecule has 0 saturated carbocycles. The SMILES string of the molecule is CCCCC#CC(=O)CN1CCN(CC(O)CO)CC1. The van der Waals surface area contributed by atoms with E-state index < -0.39 is 6.10 Å². The standard InChI is InChI=1S/C15H26N2O3/c1-2-3-4-5-6-14(19)11-16-7-9-17(10-8-16)12-15(20)13-18/h15,18,20H,2-4,7-13H2,1H3. The molecule has 0 radical (unpaired) electrons. The van der Waals surface area contributed by atoms with Crippen molar-refractivity contribution in [2.24, 2.45) is 0 Å². The molecule has 5 nitrogen and oxygen atoms in total. The normalized spacial score (nSPS) is 18.4. The lowest BCUT2D eigenvalue weighted by atomic mass is 10.2. The number of piperazine rings is 1. The summed E-state index contributed by atoms with van der Waals surface area (Å²) in [5, 5.41) is 18.2. The van der Waals surface area contributed by atoms with E-state index in [2.05, 4.69) is 28.6 Å². The summed E-state index contributed by atoms with van der Waals surface area (Å²) in [6.07, 6.45) is 2.28. The van der Waals surface area contributed by atoms with Crippen molar-refractivity contribution < 1.29 is 15.0 Å². The minimum atomic E-state index is -0.674. The topological polar surface area (TPSA) is 64.0 Å². The van der Waals surface area contributed by atoms with Crippen molar-refractivity contribution in [3.05, 3.63) is 0 Å². The average molecular weight is 282 g/mol. The third-order valence-corrected chi connectivity index (χ3v) is 3.39. The Morgan fingerprint density at radius 2 is 1.90 bits per heavy atom. The van der Waals surface area contributed by atoms with E-state index in [4.69, 9.17) is 5.11 Å². The molecule has 0 bridgehead atoms. The van der Waals surface area contributed by atoms with Gasteiger partial charge in [0, 0.05) is 39.1 Å². The predicted octanol–water partition coefficient (Wildman–Crippen LogP) is -0.280. The minimum Gasteiger partial charge on any atom is -0.394 e. The van der Waals surface area contributed by atoms with Gasteiger partial charge >= 0.3 is 0 Å². The van der Waals surface area contributed by atoms with Crippen molar-refractivity contribution in [2.75, 3.05) is 45.9 Å². The highest BCUT2D eigenvalue weighted by Crippen LogP contribution is 2.02. The van der Waals surface area contributed by atoms with Crippen LogP contribution in [0.2, 0.25) is 0 Å². The molecule has 5 heteroatoms. The number of hydrogen-bond donors (Lipinski definition) is 2. The molecule has 0 amide bonds. The van der Waals surface area contributed by atoms with Crippen LogP contribution in [0, 0.1) is 11.8 Å². The summed E-state index contributed by atoms with van der Waals surface area (Å²) >= 11 is 0. The highest BCUT2D eigenvalue weighted by molar-refractivity contribution is 5.97. The lowest BCUT2D eigenvalue weighted by molar-refractivity contribution is -0.115. The van der Waals surface area contributed by atoms with Crippen molar-refractivity contribution in [1.29, 1.82) is 0 Å². The molecular weight excluding hydrogens is 256 g/mol. The lowest BCUT2D eigenvalue weighted by Crippen LogP contribution is -2.50. The van der Waals surface area contributed by atoms with Gasteiger partial charge in [0.25, 0.3) is 0 Å². The van der Waals surface area contributed by atoms with Gasteiger partial charge in [0.05, 0.1) is 19.3 Å². The van der Waals surface area contributed by atoms with Crippen LogP contribution < -0.4 is 0 Å². The molecule has 20 heavy (non-hydrogen) atoms. The molecule has 0 spiro atoms. The van der Waals surface area contributed by atoms with Crippen molar-refractivity contribution in [1.82, 2.24) is 9.80 Å². The summed E-state index contributed by atoms with van der Waals surface area (Å²) in [5.41, 5.74) is 0. The molecule has 2 N–H and O–H groups in total. The number of aliphatic hydroxyl groups is 2. The monoisotopic (exact) mass is 282 g/mol. The molecule has 1 unspecified atom stereocenters. The number of ketones is 1. The van der Waals surface area contributed by atoms with Gasteiger partial charge in [0.1, 0.15) is 0 Å². The van der Waals surface area contributed by atoms with Crippen LogP contribution in [0.3, 0.4) is 0 Å². The van der Waals surface area contributed by atoms with Gasteiger partial charge in [-0.25, -0.2) is 0 Å². The van der Waals surface area contributed by atoms with E-state index in [1.165, 1.54) is 0 Å². The fourth-order valence-electron chi connectivity index (χ4n) is 2.15. The zero-order valence-electron chi connectivity index (χ0n) is 12.3. The molecule has 0 aromatic heterocycles. The highest BCUT2D eigenvalue weighted by atomic mass is 16.3. The van der Waals surface area contributed by atoms with E-state index in [0.717, 1.165) is 45.4 Å². The van der Waals surface area contributed by atoms with E-state index in [1.54, 1.807) is 0 Å². The van der Waals surface area contributed by atoms with E-state index in [9.17, 15) is 9.90 Å². The first-order valence-corrected chi connectivity index (χ1v) is 7.41. The Morgan fingerprint density at radius 1 is 1.25 bits per heavy atom. The summed E-state index contributed by atoms with van der Waals surface area (Å²) in [7, 11) is 0. The van der Waals surface area contributed by atoms with Gasteiger partial charge in [-0.3, -0.25) is 14.6 Å². The Labute approximate surface area is 121 Å². The number of nitrogens with zero attached hydrogens (tertiary/aromatic N) is 2. The third kappa shape index (κ3) is 7.01. The number of hydrogen-bond acceptors (Lipinski definition) is 5. The van der Waals surface area contributed by atoms with Crippen LogP contribution in [0.5, 0.6) is 0 Å². The molecule has 0 aliphatic carbocycles. The number of β-amino-alcohol motifs (C(OH)–C–C–N with tert-alkyl or cyclic N) is 1. The quantitative estimate of drug-likeness (QED) is 0.382. The zero-order valence-corrected chi connectivity index (χ0v) is 12.3. The van der Waals surface area contributed by atoms with Crippen LogP contribution >= 0.6 is 0 Å². The Kier molecular flexibility index (Phi) is 8.47. The van der Waals surface area contributed by atoms with E-state index in [0.29, 0.717) is 13.1 Å². The van der Waals surface area contributed by atoms with Crippen LogP contribution in [-0.4, -0.2) is 77.8 Å². The number of Topliss-reactive ketones (excluding diaryl/α,β-unsaturated/α-hetero) is 1. The maximum Gasteiger partial charge on any atom is 0.219 e. The van der Waals surface area contributed by atoms with Crippen LogP contribution in [0.25, 0.3) is 0 Å². The Balaban J connectivity index is 2.21. The third-order valence-electron chi connectivity index (χ3n) is 3.39. The molecule has 1 aliphatic rings. The Hall–Kier alpha value is -0.930. The summed E-state index contributed by atoms with van der Waals surface area (Å²) in [5.74, 6) is 5.61. The summed E-state index contributed by atoms with van der Waals surface area (Å²) in [4.78, 5) is 15.9. The van der Waals surface area contributed by atoms with Gasteiger partial charge in [0.15, 0.2) is 0 Å². The molecule has 114 valence electrons. The number of aliphatic hydroxyl groups excluding tert-OH is 2. The van der Waals surface area contributed by atoms with Gasteiger partial charge in [0.2, 0.25) is 5.78 Å². The molecule has 0 aromatic carbocycles. The van der Waals surface area contributed by atoms with Crippen molar-refractivity contribution in [2.45, 2.75) is 32.3 Å². The van der Waals surface area contributed by atoms with Crippen LogP contribution in [0.4, 0.5) is 0 Å². The minimum absolute atomic E-state index is 0.00931. The number of carbonyl (C=O) groups excluding carboxylic acids is 1. The fraction of sp³-hybridized carbons (Fsp3) is 0.800. The van der Waals surface area contributed by atoms with Crippen LogP contribution in [0.15, 0.2) is 0 Å². The second-order valence-electron chi connectivity index (χ2n) is 5.24. The first kappa shape index (κ1) is 17.1. The molecule has 1 saturated heterocycles. The maximum absolute atomic E-state index is 11.7. The van der Waals surface area contributed by atoms with E-state index in [1.807, 2.05) is 0 Å². The molecular formula is C15H26N2O3. The zero-order chi connectivity index (χ0) is 14.8.